The molecule has 2 aromatic rings. The van der Waals surface area contributed by atoms with Gasteiger partial charge in [0.2, 0.25) is 0 Å². The average molecular weight is 239 g/mol. The molecule has 18 heavy (non-hydrogen) atoms. The van der Waals surface area contributed by atoms with Crippen LogP contribution in [0.3, 0.4) is 0 Å². The molecule has 4 heteroatoms. The van der Waals surface area contributed by atoms with Crippen molar-refractivity contribution in [3.63, 3.8) is 0 Å². The molecule has 1 unspecified atom stereocenters. The van der Waals surface area contributed by atoms with Crippen molar-refractivity contribution in [2.24, 2.45) is 0 Å². The highest BCUT2D eigenvalue weighted by molar-refractivity contribution is 5.78. The van der Waals surface area contributed by atoms with Gasteiger partial charge in [-0.2, -0.15) is 0 Å². The van der Waals surface area contributed by atoms with Gasteiger partial charge in [0.25, 0.3) is 0 Å². The topological polar surface area (TPSA) is 47.0 Å². The van der Waals surface area contributed by atoms with Crippen molar-refractivity contribution in [2.45, 2.75) is 6.10 Å². The van der Waals surface area contributed by atoms with Crippen molar-refractivity contribution in [1.29, 1.82) is 0 Å². The summed E-state index contributed by atoms with van der Waals surface area (Å²) in [6.45, 7) is 2.43. The fourth-order valence-corrected chi connectivity index (χ4v) is 1.88. The van der Waals surface area contributed by atoms with Crippen LogP contribution in [0.15, 0.2) is 30.7 Å². The van der Waals surface area contributed by atoms with E-state index in [9.17, 15) is 0 Å². The van der Waals surface area contributed by atoms with Crippen LogP contribution >= 0.6 is 0 Å². The van der Waals surface area contributed by atoms with Gasteiger partial charge in [0.1, 0.15) is 12.4 Å². The fraction of sp³-hybridized carbons (Fsp3) is 0.286. The molecule has 1 fully saturated rings. The van der Waals surface area contributed by atoms with Crippen LogP contribution in [0.5, 0.6) is 0 Å². The maximum atomic E-state index is 5.53. The Morgan fingerprint density at radius 1 is 1.39 bits per heavy atom. The van der Waals surface area contributed by atoms with Gasteiger partial charge in [-0.3, -0.25) is 0 Å². The summed E-state index contributed by atoms with van der Waals surface area (Å²) in [7, 11) is 0. The fourth-order valence-electron chi connectivity index (χ4n) is 1.88. The molecule has 3 rings (SSSR count). The zero-order chi connectivity index (χ0) is 12.2. The molecule has 90 valence electrons. The van der Waals surface area contributed by atoms with Crippen LogP contribution in [0, 0.1) is 11.8 Å². The van der Waals surface area contributed by atoms with Crippen LogP contribution < -0.4 is 5.32 Å². The summed E-state index contributed by atoms with van der Waals surface area (Å²) in [5.74, 6) is 6.26. The molecule has 2 heterocycles. The van der Waals surface area contributed by atoms with Crippen LogP contribution in [0.25, 0.3) is 10.9 Å². The third-order valence-electron chi connectivity index (χ3n) is 2.81. The molecule has 1 aromatic carbocycles. The van der Waals surface area contributed by atoms with E-state index in [1.165, 1.54) is 0 Å². The molecule has 0 bridgehead atoms. The molecule has 0 saturated carbocycles. The Bertz CT molecular complexity index is 609. The van der Waals surface area contributed by atoms with Crippen molar-refractivity contribution >= 4 is 10.9 Å². The molecule has 0 aliphatic carbocycles. The Labute approximate surface area is 105 Å². The second-order valence-electron chi connectivity index (χ2n) is 4.13. The zero-order valence-corrected chi connectivity index (χ0v) is 9.89. The molecule has 1 aliphatic heterocycles. The first kappa shape index (κ1) is 11.1. The summed E-state index contributed by atoms with van der Waals surface area (Å²) in [6, 6.07) is 5.93. The molecule has 4 nitrogen and oxygen atoms in total. The Morgan fingerprint density at radius 2 is 2.39 bits per heavy atom. The standard InChI is InChI=1S/C14H13N3O/c1(3-13-9-15-5-6-18-13)11-2-4-14-12(7-11)8-16-10-17-14/h2,4,7-8,10,13,15H,5-6,9H2. The van der Waals surface area contributed by atoms with Crippen LogP contribution in [-0.4, -0.2) is 35.8 Å². The Morgan fingerprint density at radius 3 is 3.28 bits per heavy atom. The number of hydrogen-bond acceptors (Lipinski definition) is 4. The molecule has 0 amide bonds. The minimum Gasteiger partial charge on any atom is -0.363 e. The molecule has 1 saturated heterocycles. The molecule has 0 radical (unpaired) electrons. The molecule has 1 atom stereocenters. The van der Waals surface area contributed by atoms with Crippen molar-refractivity contribution in [3.8, 4) is 11.8 Å². The number of nitrogens with zero attached hydrogens (tertiary/aromatic N) is 2. The lowest BCUT2D eigenvalue weighted by Gasteiger charge is -2.18. The van der Waals surface area contributed by atoms with E-state index in [-0.39, 0.29) is 6.10 Å². The van der Waals surface area contributed by atoms with Crippen molar-refractivity contribution in [3.05, 3.63) is 36.3 Å². The first-order chi connectivity index (χ1) is 8.92. The third kappa shape index (κ3) is 2.48. The minimum atomic E-state index is -0.0125. The Kier molecular flexibility index (Phi) is 3.18. The smallest absolute Gasteiger partial charge is 0.131 e. The maximum Gasteiger partial charge on any atom is 0.131 e. The monoisotopic (exact) mass is 239 g/mol. The SMILES string of the molecule is C(#CC1CNCCO1)c1ccc2ncncc2c1. The van der Waals surface area contributed by atoms with Crippen LogP contribution in [0.2, 0.25) is 0 Å². The second kappa shape index (κ2) is 5.13. The largest absolute Gasteiger partial charge is 0.363 e. The van der Waals surface area contributed by atoms with Gasteiger partial charge in [-0.15, -0.1) is 0 Å². The van der Waals surface area contributed by atoms with E-state index in [0.29, 0.717) is 0 Å². The summed E-state index contributed by atoms with van der Waals surface area (Å²) in [6.07, 6.45) is 3.34. The molecule has 1 N–H and O–H groups in total. The first-order valence-electron chi connectivity index (χ1n) is 5.95. The predicted octanol–water partition coefficient (Wildman–Crippen LogP) is 0.970. The van der Waals surface area contributed by atoms with Gasteiger partial charge in [0.05, 0.1) is 12.1 Å². The average Bonchev–Trinajstić information content (AvgIpc) is 2.46. The van der Waals surface area contributed by atoms with Crippen molar-refractivity contribution in [2.75, 3.05) is 19.7 Å². The van der Waals surface area contributed by atoms with E-state index in [1.807, 2.05) is 18.2 Å². The summed E-state index contributed by atoms with van der Waals surface area (Å²) in [5.41, 5.74) is 1.90. The van der Waals surface area contributed by atoms with E-state index in [1.54, 1.807) is 12.5 Å². The van der Waals surface area contributed by atoms with E-state index in [2.05, 4.69) is 27.1 Å². The Hall–Kier alpha value is -1.96. The van der Waals surface area contributed by atoms with Crippen LogP contribution in [0.4, 0.5) is 0 Å². The van der Waals surface area contributed by atoms with E-state index >= 15 is 0 Å². The van der Waals surface area contributed by atoms with Gasteiger partial charge in [-0.1, -0.05) is 11.8 Å². The van der Waals surface area contributed by atoms with E-state index < -0.39 is 0 Å². The van der Waals surface area contributed by atoms with E-state index in [4.69, 9.17) is 4.74 Å². The Balaban J connectivity index is 1.84. The molecular formula is C14H13N3O. The van der Waals surface area contributed by atoms with Gasteiger partial charge in [0.15, 0.2) is 0 Å². The number of hydrogen-bond donors (Lipinski definition) is 1. The number of morpholine rings is 1. The zero-order valence-electron chi connectivity index (χ0n) is 9.89. The normalized spacial score (nSPS) is 19.2. The second-order valence-corrected chi connectivity index (χ2v) is 4.13. The first-order valence-corrected chi connectivity index (χ1v) is 5.95. The summed E-state index contributed by atoms with van der Waals surface area (Å²) < 4.78 is 5.53. The number of benzene rings is 1. The number of ether oxygens (including phenoxy) is 1. The van der Waals surface area contributed by atoms with Crippen LogP contribution in [-0.2, 0) is 4.74 Å². The third-order valence-corrected chi connectivity index (χ3v) is 2.81. The highest BCUT2D eigenvalue weighted by Crippen LogP contribution is 2.11. The number of fused-ring (bicyclic) bond motifs is 1. The summed E-state index contributed by atoms with van der Waals surface area (Å²) in [4.78, 5) is 8.19. The molecular weight excluding hydrogens is 226 g/mol. The highest BCUT2D eigenvalue weighted by atomic mass is 16.5. The van der Waals surface area contributed by atoms with Gasteiger partial charge >= 0.3 is 0 Å². The van der Waals surface area contributed by atoms with Gasteiger partial charge in [-0.05, 0) is 18.2 Å². The molecule has 0 spiro atoms. The molecule has 1 aromatic heterocycles. The van der Waals surface area contributed by atoms with Crippen LogP contribution in [0.1, 0.15) is 5.56 Å². The maximum absolute atomic E-state index is 5.53. The summed E-state index contributed by atoms with van der Waals surface area (Å²) in [5, 5.41) is 4.26. The summed E-state index contributed by atoms with van der Waals surface area (Å²) >= 11 is 0. The minimum absolute atomic E-state index is 0.0125. The van der Waals surface area contributed by atoms with Gasteiger partial charge in [0, 0.05) is 30.2 Å². The lowest BCUT2D eigenvalue weighted by Crippen LogP contribution is -2.37. The quantitative estimate of drug-likeness (QED) is 0.696. The van der Waals surface area contributed by atoms with E-state index in [0.717, 1.165) is 36.2 Å². The predicted molar refractivity (Wildman–Crippen MR) is 69.0 cm³/mol. The van der Waals surface area contributed by atoms with Crippen molar-refractivity contribution < 1.29 is 4.74 Å². The number of aromatic nitrogens is 2. The lowest BCUT2D eigenvalue weighted by molar-refractivity contribution is 0.0651. The molecule has 1 aliphatic rings. The number of rotatable bonds is 0. The van der Waals surface area contributed by atoms with Crippen molar-refractivity contribution in [1.82, 2.24) is 15.3 Å². The number of nitrogens with one attached hydrogen (secondary N) is 1. The lowest BCUT2D eigenvalue weighted by atomic mass is 10.1. The van der Waals surface area contributed by atoms with Gasteiger partial charge in [-0.25, -0.2) is 9.97 Å². The highest BCUT2D eigenvalue weighted by Gasteiger charge is 2.09. The van der Waals surface area contributed by atoms with Gasteiger partial charge < -0.3 is 10.1 Å².